The van der Waals surface area contributed by atoms with Gasteiger partial charge in [-0.25, -0.2) is 4.90 Å². The zero-order chi connectivity index (χ0) is 37.2. The second-order valence-corrected chi connectivity index (χ2v) is 14.5. The highest BCUT2D eigenvalue weighted by Crippen LogP contribution is 2.65. The molecule has 0 radical (unpaired) electrons. The standard InChI is InChI=1S/C42H39N5O6/c1-42-32(39(50)47(41(42)52)27-9-6-5-7-10-27)23-31-29(37(42)36-33(48)11-8-12-34(36)53-4)21-22-30-35(31)40(51)46(38(30)49)28-19-15-25(16-20-28)44-43-24-13-17-26(18-14-24)45(2)3/h5-21,30-32,35,37,48H,22-23H2,1-4H3. The van der Waals surface area contributed by atoms with E-state index in [4.69, 9.17) is 4.74 Å². The van der Waals surface area contributed by atoms with Gasteiger partial charge in [-0.2, -0.15) is 10.2 Å². The molecule has 4 aromatic rings. The van der Waals surface area contributed by atoms with Gasteiger partial charge in [0.2, 0.25) is 23.6 Å². The topological polar surface area (TPSA) is 132 Å². The van der Waals surface area contributed by atoms with Gasteiger partial charge in [0.25, 0.3) is 0 Å². The van der Waals surface area contributed by atoms with Crippen LogP contribution in [0.25, 0.3) is 0 Å². The molecule has 0 spiro atoms. The fourth-order valence-electron chi connectivity index (χ4n) is 9.00. The predicted molar refractivity (Wildman–Crippen MR) is 200 cm³/mol. The maximum absolute atomic E-state index is 14.6. The number of carbonyl (C=O) groups excluding carboxylic acids is 4. The number of imide groups is 2. The van der Waals surface area contributed by atoms with E-state index in [2.05, 4.69) is 10.2 Å². The molecule has 2 saturated heterocycles. The molecular formula is C42H39N5O6. The number of fused-ring (bicyclic) bond motifs is 4. The Balaban J connectivity index is 1.14. The van der Waals surface area contributed by atoms with Gasteiger partial charge in [-0.3, -0.25) is 24.1 Å². The van der Waals surface area contributed by atoms with Crippen LogP contribution < -0.4 is 19.4 Å². The first-order valence-corrected chi connectivity index (χ1v) is 17.7. The van der Waals surface area contributed by atoms with Crippen molar-refractivity contribution in [3.05, 3.63) is 114 Å². The van der Waals surface area contributed by atoms with Crippen LogP contribution in [-0.4, -0.2) is 49.9 Å². The molecule has 4 aromatic carbocycles. The van der Waals surface area contributed by atoms with Crippen molar-refractivity contribution in [2.45, 2.75) is 25.7 Å². The van der Waals surface area contributed by atoms with Gasteiger partial charge in [-0.1, -0.05) is 35.9 Å². The molecule has 1 saturated carbocycles. The van der Waals surface area contributed by atoms with E-state index in [1.165, 1.54) is 23.0 Å². The quantitative estimate of drug-likeness (QED) is 0.121. The maximum Gasteiger partial charge on any atom is 0.241 e. The van der Waals surface area contributed by atoms with Crippen molar-refractivity contribution >= 4 is 52.1 Å². The summed E-state index contributed by atoms with van der Waals surface area (Å²) in [6.45, 7) is 1.78. The molecule has 8 rings (SSSR count). The van der Waals surface area contributed by atoms with Crippen molar-refractivity contribution in [3.63, 3.8) is 0 Å². The van der Waals surface area contributed by atoms with Crippen LogP contribution in [-0.2, 0) is 19.2 Å². The van der Waals surface area contributed by atoms with E-state index in [1.807, 2.05) is 55.4 Å². The van der Waals surface area contributed by atoms with Gasteiger partial charge in [-0.15, -0.1) is 0 Å². The summed E-state index contributed by atoms with van der Waals surface area (Å²) in [5.41, 5.74) is 3.02. The fourth-order valence-corrected chi connectivity index (χ4v) is 9.00. The molecule has 3 fully saturated rings. The number of hydrogen-bond donors (Lipinski definition) is 1. The third kappa shape index (κ3) is 5.24. The Bertz CT molecular complexity index is 2200. The second-order valence-electron chi connectivity index (χ2n) is 14.5. The van der Waals surface area contributed by atoms with Crippen LogP contribution in [0, 0.1) is 29.1 Å². The van der Waals surface area contributed by atoms with E-state index in [1.54, 1.807) is 67.6 Å². The first kappa shape index (κ1) is 34.0. The number of phenolic OH excluding ortho intramolecular Hbond substituents is 1. The van der Waals surface area contributed by atoms with Crippen molar-refractivity contribution in [3.8, 4) is 11.5 Å². The highest BCUT2D eigenvalue weighted by molar-refractivity contribution is 6.25. The normalized spacial score (nSPS) is 26.4. The largest absolute Gasteiger partial charge is 0.508 e. The molecule has 6 atom stereocenters. The first-order valence-electron chi connectivity index (χ1n) is 17.7. The number of aromatic hydroxyl groups is 1. The van der Waals surface area contributed by atoms with E-state index < -0.39 is 35.0 Å². The smallest absolute Gasteiger partial charge is 0.241 e. The molecule has 268 valence electrons. The molecule has 4 aliphatic rings. The maximum atomic E-state index is 14.6. The first-order chi connectivity index (χ1) is 25.5. The Morgan fingerprint density at radius 1 is 0.755 bits per heavy atom. The van der Waals surface area contributed by atoms with E-state index in [0.717, 1.165) is 11.3 Å². The SMILES string of the molecule is COc1cccc(O)c1C1C2=CCC3C(=O)N(c4ccc(N=Nc5ccc(N(C)C)cc5)cc4)C(=O)C3C2CC2C(=O)N(c3ccccc3)C(=O)C21C. The summed E-state index contributed by atoms with van der Waals surface area (Å²) >= 11 is 0. The summed E-state index contributed by atoms with van der Waals surface area (Å²) in [6.07, 6.45) is 2.43. The number of allylic oxidation sites excluding steroid dienone is 2. The number of methoxy groups -OCH3 is 1. The predicted octanol–water partition coefficient (Wildman–Crippen LogP) is 7.32. The number of nitrogens with zero attached hydrogens (tertiary/aromatic N) is 5. The Hall–Kier alpha value is -6.10. The highest BCUT2D eigenvalue weighted by atomic mass is 16.5. The number of anilines is 3. The molecule has 1 N–H and O–H groups in total. The molecule has 11 heteroatoms. The van der Waals surface area contributed by atoms with Gasteiger partial charge >= 0.3 is 0 Å². The van der Waals surface area contributed by atoms with Crippen LogP contribution in [0.2, 0.25) is 0 Å². The van der Waals surface area contributed by atoms with Crippen LogP contribution in [0.5, 0.6) is 11.5 Å². The second kappa shape index (κ2) is 12.8. The van der Waals surface area contributed by atoms with E-state index >= 15 is 0 Å². The lowest BCUT2D eigenvalue weighted by Crippen LogP contribution is -2.49. The van der Waals surface area contributed by atoms with Gasteiger partial charge in [0.05, 0.1) is 53.0 Å². The monoisotopic (exact) mass is 709 g/mol. The lowest BCUT2D eigenvalue weighted by Gasteiger charge is -2.49. The Labute approximate surface area is 307 Å². The molecule has 4 amide bonds. The Morgan fingerprint density at radius 3 is 2.04 bits per heavy atom. The van der Waals surface area contributed by atoms with Crippen molar-refractivity contribution < 1.29 is 29.0 Å². The third-order valence-corrected chi connectivity index (χ3v) is 11.6. The fraction of sp³-hybridized carbons (Fsp3) is 0.286. The minimum atomic E-state index is -1.31. The van der Waals surface area contributed by atoms with Crippen molar-refractivity contribution in [2.24, 2.45) is 39.3 Å². The number of para-hydroxylation sites is 1. The van der Waals surface area contributed by atoms with Crippen LogP contribution in [0.4, 0.5) is 28.4 Å². The third-order valence-electron chi connectivity index (χ3n) is 11.6. The number of azo groups is 1. The zero-order valence-corrected chi connectivity index (χ0v) is 29.8. The van der Waals surface area contributed by atoms with Crippen molar-refractivity contribution in [1.82, 2.24) is 0 Å². The number of carbonyl (C=O) groups is 4. The summed E-state index contributed by atoms with van der Waals surface area (Å²) in [6, 6.07) is 28.2. The summed E-state index contributed by atoms with van der Waals surface area (Å²) in [4.78, 5) is 62.1. The summed E-state index contributed by atoms with van der Waals surface area (Å²) in [5.74, 6) is -4.68. The van der Waals surface area contributed by atoms with E-state index in [9.17, 15) is 24.3 Å². The summed E-state index contributed by atoms with van der Waals surface area (Å²) in [7, 11) is 5.42. The van der Waals surface area contributed by atoms with Crippen molar-refractivity contribution in [1.29, 1.82) is 0 Å². The lowest BCUT2D eigenvalue weighted by atomic mass is 9.51. The minimum Gasteiger partial charge on any atom is -0.508 e. The number of rotatable bonds is 7. The Morgan fingerprint density at radius 2 is 1.40 bits per heavy atom. The number of phenols is 1. The van der Waals surface area contributed by atoms with Crippen LogP contribution in [0.3, 0.4) is 0 Å². The van der Waals surface area contributed by atoms with E-state index in [0.29, 0.717) is 34.1 Å². The molecule has 2 aliphatic heterocycles. The molecule has 0 bridgehead atoms. The molecule has 0 aromatic heterocycles. The Kier molecular flexibility index (Phi) is 8.24. The van der Waals surface area contributed by atoms with Gasteiger partial charge in [0.15, 0.2) is 0 Å². The number of hydrogen-bond acceptors (Lipinski definition) is 9. The van der Waals surface area contributed by atoms with Gasteiger partial charge < -0.3 is 14.7 Å². The molecule has 2 aliphatic carbocycles. The molecule has 2 heterocycles. The summed E-state index contributed by atoms with van der Waals surface area (Å²) < 4.78 is 5.75. The van der Waals surface area contributed by atoms with Crippen molar-refractivity contribution in [2.75, 3.05) is 35.9 Å². The van der Waals surface area contributed by atoms with Gasteiger partial charge in [0.1, 0.15) is 11.5 Å². The average Bonchev–Trinajstić information content (AvgIpc) is 3.54. The van der Waals surface area contributed by atoms with Crippen LogP contribution in [0.1, 0.15) is 31.2 Å². The molecular weight excluding hydrogens is 670 g/mol. The number of ether oxygens (including phenoxy) is 1. The molecule has 6 unspecified atom stereocenters. The van der Waals surface area contributed by atoms with Gasteiger partial charge in [-0.05, 0) is 98.5 Å². The lowest BCUT2D eigenvalue weighted by molar-refractivity contribution is -0.131. The van der Waals surface area contributed by atoms with Crippen LogP contribution >= 0.6 is 0 Å². The van der Waals surface area contributed by atoms with Crippen LogP contribution in [0.15, 0.2) is 119 Å². The number of benzene rings is 4. The minimum absolute atomic E-state index is 0.0744. The summed E-state index contributed by atoms with van der Waals surface area (Å²) in [5, 5.41) is 20.1. The van der Waals surface area contributed by atoms with Gasteiger partial charge in [0, 0.05) is 31.3 Å². The molecule has 11 nitrogen and oxygen atoms in total. The molecule has 53 heavy (non-hydrogen) atoms. The number of amides is 4. The zero-order valence-electron chi connectivity index (χ0n) is 29.8. The van der Waals surface area contributed by atoms with E-state index in [-0.39, 0.29) is 42.2 Å². The highest BCUT2D eigenvalue weighted by Gasteiger charge is 2.68. The average molecular weight is 710 g/mol.